The van der Waals surface area contributed by atoms with Crippen molar-refractivity contribution in [1.82, 2.24) is 15.5 Å². The highest BCUT2D eigenvalue weighted by atomic mass is 16.2. The lowest BCUT2D eigenvalue weighted by atomic mass is 9.94. The Kier molecular flexibility index (Phi) is 4.53. The summed E-state index contributed by atoms with van der Waals surface area (Å²) in [6, 6.07) is 12.7. The van der Waals surface area contributed by atoms with Crippen molar-refractivity contribution >= 4 is 11.7 Å². The number of rotatable bonds is 4. The lowest BCUT2D eigenvalue weighted by molar-refractivity contribution is -0.124. The molecule has 1 N–H and O–H groups in total. The number of hydrogen-bond donors (Lipinski definition) is 1. The van der Waals surface area contributed by atoms with E-state index in [0.29, 0.717) is 0 Å². The van der Waals surface area contributed by atoms with E-state index in [0.717, 1.165) is 63.0 Å². The van der Waals surface area contributed by atoms with Gasteiger partial charge in [-0.25, -0.2) is 0 Å². The molecule has 5 rings (SSSR count). The van der Waals surface area contributed by atoms with Crippen LogP contribution in [0.5, 0.6) is 0 Å². The van der Waals surface area contributed by atoms with Crippen LogP contribution in [-0.2, 0) is 23.1 Å². The van der Waals surface area contributed by atoms with Gasteiger partial charge in [-0.15, -0.1) is 5.10 Å². The van der Waals surface area contributed by atoms with Gasteiger partial charge in [0.2, 0.25) is 5.91 Å². The molecular weight excluding hydrogens is 348 g/mol. The Morgan fingerprint density at radius 3 is 2.54 bits per heavy atom. The van der Waals surface area contributed by atoms with E-state index in [2.05, 4.69) is 38.6 Å². The Morgan fingerprint density at radius 2 is 1.79 bits per heavy atom. The van der Waals surface area contributed by atoms with Crippen LogP contribution in [0.4, 0.5) is 5.82 Å². The van der Waals surface area contributed by atoms with Crippen LogP contribution < -0.4 is 10.2 Å². The van der Waals surface area contributed by atoms with Crippen LogP contribution >= 0.6 is 0 Å². The maximum atomic E-state index is 13.0. The zero-order valence-electron chi connectivity index (χ0n) is 16.4. The fourth-order valence-corrected chi connectivity index (χ4v) is 4.74. The van der Waals surface area contributed by atoms with Crippen LogP contribution in [0.25, 0.3) is 0 Å². The van der Waals surface area contributed by atoms with Gasteiger partial charge in [0.05, 0.1) is 11.1 Å². The molecule has 2 heterocycles. The number of piperidine rings is 1. The first-order valence-electron chi connectivity index (χ1n) is 10.7. The molecule has 146 valence electrons. The quantitative estimate of drug-likeness (QED) is 0.890. The van der Waals surface area contributed by atoms with Crippen molar-refractivity contribution in [3.63, 3.8) is 0 Å². The van der Waals surface area contributed by atoms with Crippen molar-refractivity contribution in [2.75, 3.05) is 18.0 Å². The lowest BCUT2D eigenvalue weighted by Gasteiger charge is -2.34. The third kappa shape index (κ3) is 3.27. The summed E-state index contributed by atoms with van der Waals surface area (Å²) in [4.78, 5) is 15.3. The molecule has 3 aliphatic rings. The number of hydrogen-bond acceptors (Lipinski definition) is 4. The number of anilines is 1. The number of nitrogens with one attached hydrogen (secondary N) is 1. The molecule has 5 nitrogen and oxygen atoms in total. The van der Waals surface area contributed by atoms with Gasteiger partial charge in [-0.3, -0.25) is 4.79 Å². The monoisotopic (exact) mass is 376 g/mol. The number of aryl methyl sites for hydroxylation is 2. The minimum atomic E-state index is -0.275. The third-order valence-electron chi connectivity index (χ3n) is 6.72. The Bertz CT molecular complexity index is 854. The zero-order chi connectivity index (χ0) is 19.0. The number of amides is 1. The number of nitrogens with zero attached hydrogens (tertiary/aromatic N) is 3. The molecule has 1 aromatic heterocycles. The molecule has 5 heteroatoms. The summed E-state index contributed by atoms with van der Waals surface area (Å²) >= 11 is 0. The average molecular weight is 377 g/mol. The fourth-order valence-electron chi connectivity index (χ4n) is 4.74. The van der Waals surface area contributed by atoms with Crippen LogP contribution in [0, 0.1) is 0 Å². The van der Waals surface area contributed by atoms with E-state index in [4.69, 9.17) is 0 Å². The third-order valence-corrected chi connectivity index (χ3v) is 6.72. The second-order valence-corrected chi connectivity index (χ2v) is 8.56. The molecule has 2 aromatic rings. The van der Waals surface area contributed by atoms with E-state index >= 15 is 0 Å². The molecule has 1 saturated heterocycles. The number of benzene rings is 1. The largest absolute Gasteiger partial charge is 0.355 e. The standard InChI is InChI=1S/C23H28N4O/c28-22(23(12-13-23)18-7-2-1-3-8-18)24-19-10-14-27(15-11-19)21-16-17-6-4-5-9-20(17)25-26-21/h1-3,7-8,16,19H,4-6,9-15H2,(H,24,28). The summed E-state index contributed by atoms with van der Waals surface area (Å²) in [6.07, 6.45) is 8.56. The summed E-state index contributed by atoms with van der Waals surface area (Å²) in [5, 5.41) is 12.3. The molecule has 1 aromatic carbocycles. The molecule has 1 amide bonds. The van der Waals surface area contributed by atoms with E-state index in [1.165, 1.54) is 24.1 Å². The van der Waals surface area contributed by atoms with Crippen molar-refractivity contribution in [2.45, 2.75) is 62.8 Å². The maximum absolute atomic E-state index is 13.0. The van der Waals surface area contributed by atoms with Crippen LogP contribution in [0.2, 0.25) is 0 Å². The van der Waals surface area contributed by atoms with Gasteiger partial charge in [0, 0.05) is 19.1 Å². The van der Waals surface area contributed by atoms with Gasteiger partial charge in [-0.05, 0) is 68.6 Å². The van der Waals surface area contributed by atoms with Gasteiger partial charge in [-0.1, -0.05) is 30.3 Å². The van der Waals surface area contributed by atoms with Crippen molar-refractivity contribution in [1.29, 1.82) is 0 Å². The van der Waals surface area contributed by atoms with Gasteiger partial charge >= 0.3 is 0 Å². The van der Waals surface area contributed by atoms with Crippen LogP contribution in [0.3, 0.4) is 0 Å². The average Bonchev–Trinajstić information content (AvgIpc) is 3.57. The molecule has 28 heavy (non-hydrogen) atoms. The normalized spacial score (nSPS) is 21.1. The summed E-state index contributed by atoms with van der Waals surface area (Å²) < 4.78 is 0. The number of carbonyl (C=O) groups is 1. The van der Waals surface area contributed by atoms with Gasteiger partial charge in [0.1, 0.15) is 0 Å². The highest BCUT2D eigenvalue weighted by Crippen LogP contribution is 2.48. The van der Waals surface area contributed by atoms with E-state index in [1.807, 2.05) is 18.2 Å². The molecule has 1 saturated carbocycles. The first-order chi connectivity index (χ1) is 13.7. The Balaban J connectivity index is 1.19. The maximum Gasteiger partial charge on any atom is 0.230 e. The molecule has 1 aliphatic heterocycles. The zero-order valence-corrected chi connectivity index (χ0v) is 16.4. The molecule has 0 spiro atoms. The summed E-state index contributed by atoms with van der Waals surface area (Å²) in [6.45, 7) is 1.85. The van der Waals surface area contributed by atoms with Gasteiger partial charge < -0.3 is 10.2 Å². The Labute approximate surface area is 166 Å². The fraction of sp³-hybridized carbons (Fsp3) is 0.522. The molecule has 0 radical (unpaired) electrons. The highest BCUT2D eigenvalue weighted by molar-refractivity contribution is 5.91. The second-order valence-electron chi connectivity index (χ2n) is 8.56. The topological polar surface area (TPSA) is 58.1 Å². The molecule has 0 bridgehead atoms. The molecule has 2 aliphatic carbocycles. The van der Waals surface area contributed by atoms with E-state index < -0.39 is 0 Å². The Morgan fingerprint density at radius 1 is 1.04 bits per heavy atom. The first-order valence-corrected chi connectivity index (χ1v) is 10.7. The molecular formula is C23H28N4O. The summed E-state index contributed by atoms with van der Waals surface area (Å²) in [5.74, 6) is 1.22. The lowest BCUT2D eigenvalue weighted by Crippen LogP contribution is -2.48. The van der Waals surface area contributed by atoms with Crippen molar-refractivity contribution in [3.05, 3.63) is 53.2 Å². The Hall–Kier alpha value is -2.43. The van der Waals surface area contributed by atoms with Crippen molar-refractivity contribution in [3.8, 4) is 0 Å². The van der Waals surface area contributed by atoms with Crippen molar-refractivity contribution < 1.29 is 4.79 Å². The smallest absolute Gasteiger partial charge is 0.230 e. The van der Waals surface area contributed by atoms with Crippen molar-refractivity contribution in [2.24, 2.45) is 0 Å². The SMILES string of the molecule is O=C(NC1CCN(c2cc3c(nn2)CCCC3)CC1)C1(c2ccccc2)CC1. The molecule has 2 fully saturated rings. The molecule has 0 unspecified atom stereocenters. The number of aromatic nitrogens is 2. The number of fused-ring (bicyclic) bond motifs is 1. The summed E-state index contributed by atoms with van der Waals surface area (Å²) in [7, 11) is 0. The molecule has 0 atom stereocenters. The van der Waals surface area contributed by atoms with Gasteiger partial charge in [0.25, 0.3) is 0 Å². The highest BCUT2D eigenvalue weighted by Gasteiger charge is 2.51. The van der Waals surface area contributed by atoms with Crippen LogP contribution in [0.15, 0.2) is 36.4 Å². The van der Waals surface area contributed by atoms with E-state index in [-0.39, 0.29) is 17.4 Å². The minimum Gasteiger partial charge on any atom is -0.355 e. The van der Waals surface area contributed by atoms with Gasteiger partial charge in [-0.2, -0.15) is 5.10 Å². The first kappa shape index (κ1) is 17.7. The number of carbonyl (C=O) groups excluding carboxylic acids is 1. The second kappa shape index (κ2) is 7.19. The summed E-state index contributed by atoms with van der Waals surface area (Å²) in [5.41, 5.74) is 3.45. The van der Waals surface area contributed by atoms with E-state index in [9.17, 15) is 4.79 Å². The van der Waals surface area contributed by atoms with Gasteiger partial charge in [0.15, 0.2) is 5.82 Å². The predicted molar refractivity (Wildman–Crippen MR) is 109 cm³/mol. The van der Waals surface area contributed by atoms with Crippen LogP contribution in [-0.4, -0.2) is 35.2 Å². The minimum absolute atomic E-state index is 0.214. The van der Waals surface area contributed by atoms with E-state index in [1.54, 1.807) is 0 Å². The van der Waals surface area contributed by atoms with Crippen LogP contribution in [0.1, 0.15) is 55.3 Å². The predicted octanol–water partition coefficient (Wildman–Crippen LogP) is 3.17.